The number of phenolic OH excluding ortho intramolecular Hbond substituents is 1. The molecule has 0 saturated carbocycles. The maximum Gasteiger partial charge on any atom is 0.275 e. The highest BCUT2D eigenvalue weighted by Crippen LogP contribution is 2.15. The lowest BCUT2D eigenvalue weighted by molar-refractivity contribution is 0.0840. The van der Waals surface area contributed by atoms with Crippen molar-refractivity contribution < 1.29 is 23.5 Å². The Morgan fingerprint density at radius 1 is 0.857 bits per heavy atom. The van der Waals surface area contributed by atoms with E-state index in [1.54, 1.807) is 0 Å². The van der Waals surface area contributed by atoms with Crippen molar-refractivity contribution in [1.82, 2.24) is 10.9 Å². The molecule has 0 aliphatic heterocycles. The lowest BCUT2D eigenvalue weighted by atomic mass is 10.2. The largest absolute Gasteiger partial charge is 0.507 e. The number of aromatic hydroxyl groups is 1. The van der Waals surface area contributed by atoms with Crippen LogP contribution < -0.4 is 10.9 Å². The first-order chi connectivity index (χ1) is 10.0. The summed E-state index contributed by atoms with van der Waals surface area (Å²) >= 11 is 0. The summed E-state index contributed by atoms with van der Waals surface area (Å²) in [5, 5.41) is 9.46. The Kier molecular flexibility index (Phi) is 4.13. The molecule has 0 fully saturated rings. The predicted molar refractivity (Wildman–Crippen MR) is 69.4 cm³/mol. The first-order valence-electron chi connectivity index (χ1n) is 5.83. The van der Waals surface area contributed by atoms with Crippen molar-refractivity contribution in [3.63, 3.8) is 0 Å². The van der Waals surface area contributed by atoms with E-state index in [1.807, 2.05) is 10.9 Å². The number of rotatable bonds is 2. The minimum atomic E-state index is -1.14. The maximum atomic E-state index is 13.4. The topological polar surface area (TPSA) is 78.4 Å². The second-order valence-corrected chi connectivity index (χ2v) is 4.02. The standard InChI is InChI=1S/C14H10F2N2O3/c15-9-5-3-6-10(16)12(9)14(21)18-17-13(20)8-4-1-2-7-11(8)19/h1-7,19H,(H,17,20)(H,18,21). The highest BCUT2D eigenvalue weighted by Gasteiger charge is 2.18. The summed E-state index contributed by atoms with van der Waals surface area (Å²) in [6, 6.07) is 8.58. The zero-order chi connectivity index (χ0) is 15.4. The first kappa shape index (κ1) is 14.4. The predicted octanol–water partition coefficient (Wildman–Crippen LogP) is 1.75. The average molecular weight is 292 g/mol. The molecule has 0 aromatic heterocycles. The van der Waals surface area contributed by atoms with Crippen molar-refractivity contribution in [2.75, 3.05) is 0 Å². The average Bonchev–Trinajstić information content (AvgIpc) is 2.45. The van der Waals surface area contributed by atoms with E-state index in [1.165, 1.54) is 24.3 Å². The Balaban J connectivity index is 2.08. The van der Waals surface area contributed by atoms with Crippen LogP contribution in [0, 0.1) is 11.6 Å². The summed E-state index contributed by atoms with van der Waals surface area (Å²) in [7, 11) is 0. The molecule has 0 aliphatic carbocycles. The SMILES string of the molecule is O=C(NNC(=O)c1c(F)cccc1F)c1ccccc1O. The number of phenols is 1. The molecule has 0 bridgehead atoms. The fourth-order valence-electron chi connectivity index (χ4n) is 1.62. The quantitative estimate of drug-likeness (QED) is 0.738. The van der Waals surface area contributed by atoms with Gasteiger partial charge in [-0.05, 0) is 24.3 Å². The van der Waals surface area contributed by atoms with Gasteiger partial charge < -0.3 is 5.11 Å². The number of para-hydroxylation sites is 1. The monoisotopic (exact) mass is 292 g/mol. The van der Waals surface area contributed by atoms with Crippen LogP contribution in [0.25, 0.3) is 0 Å². The Bertz CT molecular complexity index is 684. The van der Waals surface area contributed by atoms with Gasteiger partial charge in [-0.2, -0.15) is 0 Å². The Labute approximate surface area is 118 Å². The molecule has 21 heavy (non-hydrogen) atoms. The summed E-state index contributed by atoms with van der Waals surface area (Å²) in [5.74, 6) is -4.36. The third-order valence-electron chi connectivity index (χ3n) is 2.63. The molecular weight excluding hydrogens is 282 g/mol. The molecule has 5 nitrogen and oxygen atoms in total. The van der Waals surface area contributed by atoms with Gasteiger partial charge in [-0.15, -0.1) is 0 Å². The maximum absolute atomic E-state index is 13.4. The number of hydrazine groups is 1. The minimum Gasteiger partial charge on any atom is -0.507 e. The van der Waals surface area contributed by atoms with E-state index in [9.17, 15) is 23.5 Å². The van der Waals surface area contributed by atoms with E-state index in [-0.39, 0.29) is 11.3 Å². The van der Waals surface area contributed by atoms with Crippen LogP contribution in [0.2, 0.25) is 0 Å². The van der Waals surface area contributed by atoms with Crippen LogP contribution in [0.15, 0.2) is 42.5 Å². The molecule has 2 aromatic rings. The molecule has 0 aliphatic rings. The normalized spacial score (nSPS) is 10.0. The van der Waals surface area contributed by atoms with Gasteiger partial charge in [0.05, 0.1) is 5.56 Å². The number of halogens is 2. The van der Waals surface area contributed by atoms with Crippen molar-refractivity contribution in [1.29, 1.82) is 0 Å². The van der Waals surface area contributed by atoms with E-state index >= 15 is 0 Å². The number of carbonyl (C=O) groups is 2. The molecule has 108 valence electrons. The summed E-state index contributed by atoms with van der Waals surface area (Å²) < 4.78 is 26.7. The van der Waals surface area contributed by atoms with Gasteiger partial charge >= 0.3 is 0 Å². The van der Waals surface area contributed by atoms with Gasteiger partial charge in [0, 0.05) is 0 Å². The summed E-state index contributed by atoms with van der Waals surface area (Å²) in [4.78, 5) is 23.3. The fraction of sp³-hybridized carbons (Fsp3) is 0. The fourth-order valence-corrected chi connectivity index (χ4v) is 1.62. The molecular formula is C14H10F2N2O3. The number of amides is 2. The van der Waals surface area contributed by atoms with Crippen molar-refractivity contribution in [2.45, 2.75) is 0 Å². The van der Waals surface area contributed by atoms with Gasteiger partial charge in [0.25, 0.3) is 11.8 Å². The van der Waals surface area contributed by atoms with Gasteiger partial charge in [0.15, 0.2) is 0 Å². The van der Waals surface area contributed by atoms with E-state index in [0.29, 0.717) is 0 Å². The van der Waals surface area contributed by atoms with Gasteiger partial charge in [-0.25, -0.2) is 8.78 Å². The molecule has 0 radical (unpaired) electrons. The van der Waals surface area contributed by atoms with Crippen LogP contribution in [0.1, 0.15) is 20.7 Å². The Hall–Kier alpha value is -2.96. The third kappa shape index (κ3) is 3.14. The highest BCUT2D eigenvalue weighted by atomic mass is 19.1. The number of carbonyl (C=O) groups excluding carboxylic acids is 2. The van der Waals surface area contributed by atoms with E-state index in [2.05, 4.69) is 0 Å². The molecule has 0 unspecified atom stereocenters. The van der Waals surface area contributed by atoms with Gasteiger partial charge in [-0.1, -0.05) is 18.2 Å². The van der Waals surface area contributed by atoms with Crippen LogP contribution in [0.3, 0.4) is 0 Å². The van der Waals surface area contributed by atoms with Gasteiger partial charge in [-0.3, -0.25) is 20.4 Å². The molecule has 7 heteroatoms. The lowest BCUT2D eigenvalue weighted by Gasteiger charge is -2.09. The molecule has 0 heterocycles. The molecule has 2 amide bonds. The molecule has 2 aromatic carbocycles. The summed E-state index contributed by atoms with van der Waals surface area (Å²) in [6.45, 7) is 0. The number of benzene rings is 2. The number of hydrogen-bond donors (Lipinski definition) is 3. The molecule has 3 N–H and O–H groups in total. The lowest BCUT2D eigenvalue weighted by Crippen LogP contribution is -2.42. The molecule has 0 spiro atoms. The molecule has 0 atom stereocenters. The molecule has 2 rings (SSSR count). The second-order valence-electron chi connectivity index (χ2n) is 4.02. The minimum absolute atomic E-state index is 0.0909. The van der Waals surface area contributed by atoms with Crippen molar-refractivity contribution in [3.05, 3.63) is 65.2 Å². The Morgan fingerprint density at radius 3 is 2.05 bits per heavy atom. The van der Waals surface area contributed by atoms with Gasteiger partial charge in [0.2, 0.25) is 0 Å². The van der Waals surface area contributed by atoms with Crippen LogP contribution >= 0.6 is 0 Å². The highest BCUT2D eigenvalue weighted by molar-refractivity contribution is 6.00. The van der Waals surface area contributed by atoms with Crippen molar-refractivity contribution in [2.24, 2.45) is 0 Å². The smallest absolute Gasteiger partial charge is 0.275 e. The van der Waals surface area contributed by atoms with Crippen LogP contribution in [-0.4, -0.2) is 16.9 Å². The van der Waals surface area contributed by atoms with Crippen LogP contribution in [-0.2, 0) is 0 Å². The van der Waals surface area contributed by atoms with Crippen molar-refractivity contribution >= 4 is 11.8 Å². The molecule has 0 saturated heterocycles. The zero-order valence-corrected chi connectivity index (χ0v) is 10.6. The number of hydrogen-bond acceptors (Lipinski definition) is 3. The van der Waals surface area contributed by atoms with Crippen molar-refractivity contribution in [3.8, 4) is 5.75 Å². The number of nitrogens with one attached hydrogen (secondary N) is 2. The van der Waals surface area contributed by atoms with Crippen LogP contribution in [0.5, 0.6) is 5.75 Å². The summed E-state index contributed by atoms with van der Waals surface area (Å²) in [6.07, 6.45) is 0. The third-order valence-corrected chi connectivity index (χ3v) is 2.63. The van der Waals surface area contributed by atoms with Gasteiger partial charge in [0.1, 0.15) is 22.9 Å². The summed E-state index contributed by atoms with van der Waals surface area (Å²) in [5.41, 5.74) is 2.94. The second kappa shape index (κ2) is 6.00. The zero-order valence-electron chi connectivity index (χ0n) is 10.6. The van der Waals surface area contributed by atoms with E-state index < -0.39 is 29.0 Å². The van der Waals surface area contributed by atoms with E-state index in [4.69, 9.17) is 0 Å². The Morgan fingerprint density at radius 2 is 1.43 bits per heavy atom. The van der Waals surface area contributed by atoms with Crippen LogP contribution in [0.4, 0.5) is 8.78 Å². The first-order valence-corrected chi connectivity index (χ1v) is 5.83. The van der Waals surface area contributed by atoms with E-state index in [0.717, 1.165) is 18.2 Å².